The number of carbonyl (C=O) groups is 6. The summed E-state index contributed by atoms with van der Waals surface area (Å²) in [6.45, 7) is 0. The van der Waals surface area contributed by atoms with Gasteiger partial charge in [-0.15, -0.1) is 0 Å². The van der Waals surface area contributed by atoms with Gasteiger partial charge in [0.05, 0.1) is 86.2 Å². The molecule has 0 heterocycles. The van der Waals surface area contributed by atoms with E-state index >= 15 is 0 Å². The molecule has 0 saturated heterocycles. The predicted octanol–water partition coefficient (Wildman–Crippen LogP) is 7.10. The van der Waals surface area contributed by atoms with Gasteiger partial charge in [-0.05, 0) is 103 Å². The van der Waals surface area contributed by atoms with Crippen LogP contribution < -0.4 is 14.2 Å². The van der Waals surface area contributed by atoms with Gasteiger partial charge in [-0.3, -0.25) is 0 Å². The summed E-state index contributed by atoms with van der Waals surface area (Å²) in [6, 6.07) is 30.9. The quantitative estimate of drug-likeness (QED) is 0.0621. The number of benzene rings is 6. The molecule has 0 fully saturated rings. The van der Waals surface area contributed by atoms with Crippen molar-refractivity contribution in [2.45, 2.75) is 0 Å². The Morgan fingerprint density at radius 3 is 1.21 bits per heavy atom. The first kappa shape index (κ1) is 60.4. The second-order valence-electron chi connectivity index (χ2n) is 13.2. The summed E-state index contributed by atoms with van der Waals surface area (Å²) in [7, 11) is 12.0. The molecule has 21 nitrogen and oxygen atoms in total. The summed E-state index contributed by atoms with van der Waals surface area (Å²) in [5.41, 5.74) is 1.91. The molecule has 0 radical (unpaired) electrons. The Morgan fingerprint density at radius 2 is 0.722 bits per heavy atom. The van der Waals surface area contributed by atoms with Gasteiger partial charge in [0.15, 0.2) is 23.0 Å². The van der Waals surface area contributed by atoms with Crippen molar-refractivity contribution in [3.8, 4) is 51.7 Å². The molecule has 72 heavy (non-hydrogen) atoms. The van der Waals surface area contributed by atoms with E-state index in [0.717, 1.165) is 0 Å². The van der Waals surface area contributed by atoms with Gasteiger partial charge in [-0.2, -0.15) is 0 Å². The third-order valence-corrected chi connectivity index (χ3v) is 8.66. The lowest BCUT2D eigenvalue weighted by atomic mass is 10.2. The van der Waals surface area contributed by atoms with Gasteiger partial charge >= 0.3 is 35.8 Å². The van der Waals surface area contributed by atoms with Crippen LogP contribution >= 0.6 is 0 Å². The third kappa shape index (κ3) is 20.3. The molecule has 384 valence electrons. The first-order valence-electron chi connectivity index (χ1n) is 20.3. The van der Waals surface area contributed by atoms with Gasteiger partial charge in [-0.1, -0.05) is 18.2 Å². The Bertz CT molecular complexity index is 2700. The molecule has 21 heteroatoms. The molecule has 0 spiro atoms. The minimum Gasteiger partial charge on any atom is -0.508 e. The van der Waals surface area contributed by atoms with E-state index < -0.39 is 35.8 Å². The van der Waals surface area contributed by atoms with Crippen LogP contribution in [0.15, 0.2) is 127 Å². The van der Waals surface area contributed by atoms with Gasteiger partial charge in [0.1, 0.15) is 39.9 Å². The minimum atomic E-state index is -0.525. The number of hydrogen-bond donors (Lipinski definition) is 6. The van der Waals surface area contributed by atoms with E-state index in [1.54, 1.807) is 24.3 Å². The fourth-order valence-electron chi connectivity index (χ4n) is 5.04. The molecule has 0 bridgehead atoms. The van der Waals surface area contributed by atoms with Gasteiger partial charge in [0, 0.05) is 6.07 Å². The summed E-state index contributed by atoms with van der Waals surface area (Å²) >= 11 is 0. The number of methoxy groups -OCH3 is 9. The molecular weight excluding hydrogens is 949 g/mol. The highest BCUT2D eigenvalue weighted by molar-refractivity contribution is 5.93. The van der Waals surface area contributed by atoms with Crippen molar-refractivity contribution in [3.63, 3.8) is 0 Å². The van der Waals surface area contributed by atoms with E-state index in [9.17, 15) is 39.0 Å². The van der Waals surface area contributed by atoms with Crippen LogP contribution in [0.5, 0.6) is 51.7 Å². The molecule has 0 aromatic heterocycles. The zero-order valence-corrected chi connectivity index (χ0v) is 40.4. The highest BCUT2D eigenvalue weighted by atomic mass is 16.5. The topological polar surface area (TPSA) is 307 Å². The molecule has 0 amide bonds. The van der Waals surface area contributed by atoms with Crippen molar-refractivity contribution >= 4 is 35.8 Å². The molecule has 0 saturated carbocycles. The predicted molar refractivity (Wildman–Crippen MR) is 256 cm³/mol. The zero-order valence-electron chi connectivity index (χ0n) is 40.4. The number of phenols is 6. The van der Waals surface area contributed by atoms with Crippen molar-refractivity contribution in [2.24, 2.45) is 0 Å². The Morgan fingerprint density at radius 1 is 0.292 bits per heavy atom. The highest BCUT2D eigenvalue weighted by Crippen LogP contribution is 2.28. The normalized spacial score (nSPS) is 9.29. The molecule has 0 atom stereocenters. The molecule has 6 aromatic carbocycles. The molecule has 6 N–H and O–H groups in total. The number of rotatable bonds is 9. The maximum absolute atomic E-state index is 11.1. The molecule has 0 aliphatic heterocycles. The number of ether oxygens (including phenoxy) is 9. The van der Waals surface area contributed by atoms with Crippen LogP contribution in [0.4, 0.5) is 0 Å². The maximum atomic E-state index is 11.1. The van der Waals surface area contributed by atoms with Crippen LogP contribution in [0.3, 0.4) is 0 Å². The second-order valence-corrected chi connectivity index (χ2v) is 13.2. The summed E-state index contributed by atoms with van der Waals surface area (Å²) in [5, 5.41) is 54.5. The van der Waals surface area contributed by atoms with Crippen molar-refractivity contribution in [3.05, 3.63) is 161 Å². The number of carbonyl (C=O) groups excluding carboxylic acids is 6. The Hall–Kier alpha value is -9.66. The molecule has 0 aliphatic carbocycles. The van der Waals surface area contributed by atoms with Crippen molar-refractivity contribution in [1.82, 2.24) is 0 Å². The van der Waals surface area contributed by atoms with Crippen LogP contribution in [0, 0.1) is 0 Å². The molecular formula is C51H54O21. The lowest BCUT2D eigenvalue weighted by Gasteiger charge is -2.06. The van der Waals surface area contributed by atoms with E-state index in [1.807, 2.05) is 0 Å². The number of hydrogen-bond acceptors (Lipinski definition) is 21. The Kier molecular flexibility index (Phi) is 27.0. The SMILES string of the molecule is COC(=O)c1ccc(O)c(OC)c1.COC(=O)c1ccc(O)cc1.COC(=O)c1ccc(O)cc1OC.COC(=O)c1ccc(OC)c(O)c1.COC(=O)c1cccc(O)c1.COC(=O)c1ccccc1O. The summed E-state index contributed by atoms with van der Waals surface area (Å²) in [4.78, 5) is 65.7. The van der Waals surface area contributed by atoms with E-state index in [1.165, 1.54) is 167 Å². The summed E-state index contributed by atoms with van der Waals surface area (Å²) < 4.78 is 41.3. The fraction of sp³-hybridized carbons (Fsp3) is 0.176. The van der Waals surface area contributed by atoms with Crippen LogP contribution in [-0.4, -0.2) is 130 Å². The lowest BCUT2D eigenvalue weighted by Crippen LogP contribution is -2.03. The van der Waals surface area contributed by atoms with E-state index in [4.69, 9.17) is 34.6 Å². The summed E-state index contributed by atoms with van der Waals surface area (Å²) in [5.74, 6) is -1.82. The van der Waals surface area contributed by atoms with Gasteiger partial charge in [-0.25, -0.2) is 28.8 Å². The van der Waals surface area contributed by atoms with Crippen molar-refractivity contribution < 1.29 is 102 Å². The number of esters is 6. The van der Waals surface area contributed by atoms with Crippen LogP contribution in [-0.2, 0) is 28.4 Å². The Balaban J connectivity index is 0.000000433. The average molecular weight is 1000 g/mol. The van der Waals surface area contributed by atoms with Crippen LogP contribution in [0.25, 0.3) is 0 Å². The first-order valence-corrected chi connectivity index (χ1v) is 20.3. The van der Waals surface area contributed by atoms with E-state index in [2.05, 4.69) is 28.4 Å². The Labute approximate surface area is 413 Å². The van der Waals surface area contributed by atoms with E-state index in [0.29, 0.717) is 39.3 Å². The van der Waals surface area contributed by atoms with Gasteiger partial charge < -0.3 is 73.3 Å². The standard InChI is InChI=1S/3C9H10O4.3C8H8O3/c1-12-8-4-3-6(5-7(8)10)9(11)13-2;1-12-8-5-6(10)3-4-7(8)9(11)13-2;1-12-8-5-6(9(11)13-2)3-4-7(8)10;1-11-8(10)6-2-4-7(9)5-3-6;1-11-8(10)6-3-2-4-7(9)5-6;1-11-8(10)6-4-2-3-5-7(6)9/h3*3-5,10H,1-2H3;3*2-5,9H,1H3. The van der Waals surface area contributed by atoms with E-state index in [-0.39, 0.29) is 45.8 Å². The maximum Gasteiger partial charge on any atom is 0.341 e. The number of aromatic hydroxyl groups is 6. The molecule has 0 aliphatic rings. The fourth-order valence-corrected chi connectivity index (χ4v) is 5.04. The number of phenolic OH excluding ortho intramolecular Hbond substituents is 6. The average Bonchev–Trinajstić information content (AvgIpc) is 3.40. The first-order chi connectivity index (χ1) is 34.3. The minimum absolute atomic E-state index is 0.00449. The van der Waals surface area contributed by atoms with Gasteiger partial charge in [0.25, 0.3) is 0 Å². The largest absolute Gasteiger partial charge is 0.508 e. The highest BCUT2D eigenvalue weighted by Gasteiger charge is 2.13. The van der Waals surface area contributed by atoms with Crippen LogP contribution in [0.1, 0.15) is 62.1 Å². The van der Waals surface area contributed by atoms with Crippen LogP contribution in [0.2, 0.25) is 0 Å². The smallest absolute Gasteiger partial charge is 0.341 e. The molecule has 6 rings (SSSR count). The summed E-state index contributed by atoms with van der Waals surface area (Å²) in [6.07, 6.45) is 0. The van der Waals surface area contributed by atoms with Crippen molar-refractivity contribution in [2.75, 3.05) is 64.0 Å². The molecule has 6 aromatic rings. The second kappa shape index (κ2) is 32.2. The van der Waals surface area contributed by atoms with Crippen molar-refractivity contribution in [1.29, 1.82) is 0 Å². The number of para-hydroxylation sites is 1. The monoisotopic (exact) mass is 1000 g/mol. The third-order valence-electron chi connectivity index (χ3n) is 8.66. The zero-order chi connectivity index (χ0) is 54.3. The molecule has 0 unspecified atom stereocenters. The van der Waals surface area contributed by atoms with Gasteiger partial charge in [0.2, 0.25) is 0 Å². The lowest BCUT2D eigenvalue weighted by molar-refractivity contribution is 0.0588.